The van der Waals surface area contributed by atoms with Crippen LogP contribution in [0, 0.1) is 11.8 Å². The van der Waals surface area contributed by atoms with Gasteiger partial charge < -0.3 is 49.7 Å². The molecule has 2 aromatic heterocycles. The van der Waals surface area contributed by atoms with Crippen LogP contribution in [0.3, 0.4) is 0 Å². The van der Waals surface area contributed by atoms with Crippen molar-refractivity contribution < 1.29 is 38.5 Å². The van der Waals surface area contributed by atoms with Gasteiger partial charge in [0.25, 0.3) is 0 Å². The first-order valence-corrected chi connectivity index (χ1v) is 22.3. The fourth-order valence-electron chi connectivity index (χ4n) is 10.4. The number of H-pyrrole nitrogens is 2. The molecule has 0 aliphatic carbocycles. The standard InChI is InChI=1S/C47H56N8O8/c1-6-30-12-16-37(55(30)45(57)40(52-46(58)59)28-8-7-17-62-22-28)43-49-34-14-11-26-19-33-31-13-10-27(18-29(31)23-63-38(33)20-32(26)41(34)51-43)35-21-48-42(50-35)36-15-9-25(4)54(36)44(56)39(24(2)3)53-47(60)61-5/h10-11,13-14,18-21,24-25,28,30,36-37,39-40,52H,6-9,12,15-17,22-23H2,1-5H3,(H,48,50)(H,49,51)(H,53,60)(H,58,59)/t25-,28+,30-,36-,37-,39-,40-/m0/s1. The second kappa shape index (κ2) is 17.2. The van der Waals surface area contributed by atoms with Crippen LogP contribution < -0.4 is 15.4 Å². The van der Waals surface area contributed by atoms with Gasteiger partial charge in [0.2, 0.25) is 11.8 Å². The van der Waals surface area contributed by atoms with E-state index in [0.717, 1.165) is 94.0 Å². The van der Waals surface area contributed by atoms with E-state index >= 15 is 0 Å². The summed E-state index contributed by atoms with van der Waals surface area (Å²) in [6.45, 7) is 9.22. The van der Waals surface area contributed by atoms with Crippen LogP contribution in [0.15, 0.2) is 48.7 Å². The monoisotopic (exact) mass is 860 g/mol. The van der Waals surface area contributed by atoms with Crippen molar-refractivity contribution in [1.29, 1.82) is 0 Å². The van der Waals surface area contributed by atoms with Crippen LogP contribution in [0.2, 0.25) is 0 Å². The Hall–Kier alpha value is -6.16. The van der Waals surface area contributed by atoms with Gasteiger partial charge in [0.15, 0.2) is 0 Å². The van der Waals surface area contributed by atoms with E-state index in [1.54, 1.807) is 0 Å². The number of hydrogen-bond acceptors (Lipinski definition) is 9. The van der Waals surface area contributed by atoms with Gasteiger partial charge in [0, 0.05) is 35.6 Å². The largest absolute Gasteiger partial charge is 0.488 e. The molecule has 4 aliphatic rings. The summed E-state index contributed by atoms with van der Waals surface area (Å²) in [5.41, 5.74) is 6.51. The molecule has 9 rings (SSSR count). The van der Waals surface area contributed by atoms with Crippen molar-refractivity contribution in [2.24, 2.45) is 11.8 Å². The van der Waals surface area contributed by atoms with Gasteiger partial charge in [-0.25, -0.2) is 19.6 Å². The number of likely N-dealkylation sites (tertiary alicyclic amines) is 2. The average Bonchev–Trinajstić information content (AvgIpc) is 4.12. The molecule has 7 atom stereocenters. The molecule has 0 spiro atoms. The first kappa shape index (κ1) is 42.2. The second-order valence-electron chi connectivity index (χ2n) is 17.8. The molecule has 0 unspecified atom stereocenters. The van der Waals surface area contributed by atoms with E-state index in [4.69, 9.17) is 24.2 Å². The Morgan fingerprint density at radius 1 is 0.937 bits per heavy atom. The van der Waals surface area contributed by atoms with Crippen molar-refractivity contribution >= 4 is 45.8 Å². The highest BCUT2D eigenvalue weighted by Crippen LogP contribution is 2.44. The number of fused-ring (bicyclic) bond motifs is 6. The molecule has 16 heteroatoms. The summed E-state index contributed by atoms with van der Waals surface area (Å²) < 4.78 is 16.9. The zero-order valence-electron chi connectivity index (χ0n) is 36.4. The number of ether oxygens (including phenoxy) is 3. The molecule has 0 radical (unpaired) electrons. The molecular weight excluding hydrogens is 805 g/mol. The Morgan fingerprint density at radius 3 is 2.49 bits per heavy atom. The number of nitrogens with zero attached hydrogens (tertiary/aromatic N) is 4. The Labute approximate surface area is 365 Å². The third-order valence-corrected chi connectivity index (χ3v) is 13.7. The fourth-order valence-corrected chi connectivity index (χ4v) is 10.4. The molecule has 16 nitrogen and oxygen atoms in total. The van der Waals surface area contributed by atoms with Crippen molar-refractivity contribution in [3.05, 3.63) is 65.9 Å². The highest BCUT2D eigenvalue weighted by atomic mass is 16.5. The van der Waals surface area contributed by atoms with Crippen molar-refractivity contribution in [3.8, 4) is 28.1 Å². The summed E-state index contributed by atoms with van der Waals surface area (Å²) in [5.74, 6) is 1.40. The van der Waals surface area contributed by atoms with E-state index in [1.807, 2.05) is 42.8 Å². The maximum absolute atomic E-state index is 14.4. The van der Waals surface area contributed by atoms with Gasteiger partial charge in [-0.1, -0.05) is 39.0 Å². The number of amides is 4. The number of alkyl carbamates (subject to hydrolysis) is 1. The minimum Gasteiger partial charge on any atom is -0.488 e. The van der Waals surface area contributed by atoms with Crippen molar-refractivity contribution in [1.82, 2.24) is 40.4 Å². The molecule has 0 saturated carbocycles. The van der Waals surface area contributed by atoms with E-state index in [0.29, 0.717) is 37.9 Å². The molecule has 63 heavy (non-hydrogen) atoms. The van der Waals surface area contributed by atoms with Crippen LogP contribution in [-0.4, -0.2) is 103 Å². The normalized spacial score (nSPS) is 23.0. The number of aromatic amines is 2. The van der Waals surface area contributed by atoms with Crippen LogP contribution in [0.1, 0.15) is 102 Å². The van der Waals surface area contributed by atoms with Crippen LogP contribution >= 0.6 is 0 Å². The maximum atomic E-state index is 14.4. The summed E-state index contributed by atoms with van der Waals surface area (Å²) in [6, 6.07) is 12.3. The molecule has 3 fully saturated rings. The molecular formula is C47H56N8O8. The zero-order valence-corrected chi connectivity index (χ0v) is 36.4. The van der Waals surface area contributed by atoms with Crippen LogP contribution in [-0.2, 0) is 25.7 Å². The number of benzene rings is 3. The lowest BCUT2D eigenvalue weighted by atomic mass is 9.92. The van der Waals surface area contributed by atoms with Crippen LogP contribution in [0.5, 0.6) is 5.75 Å². The maximum Gasteiger partial charge on any atom is 0.407 e. The SMILES string of the molecule is CC[C@H]1CC[C@@H](c2nc3ccc4cc5c(cc4c3[nH]2)OCc2cc(-c3cnc([C@@H]4CC[C@H](C)N4C(=O)[C@@H](NC(=O)OC)C(C)C)[nH]3)ccc2-5)N1C(=O)[C@@H](NC(=O)O)[C@@H]1CCCOC1. The fraction of sp³-hybridized carbons (Fsp3) is 0.489. The quantitative estimate of drug-likeness (QED) is 0.0930. The van der Waals surface area contributed by atoms with Gasteiger partial charge in [0.1, 0.15) is 36.1 Å². The van der Waals surface area contributed by atoms with E-state index in [-0.39, 0.29) is 47.8 Å². The summed E-state index contributed by atoms with van der Waals surface area (Å²) in [4.78, 5) is 72.9. The number of carboxylic acid groups (broad SMARTS) is 1. The van der Waals surface area contributed by atoms with Gasteiger partial charge in [-0.2, -0.15) is 0 Å². The smallest absolute Gasteiger partial charge is 0.407 e. The van der Waals surface area contributed by atoms with E-state index < -0.39 is 24.3 Å². The Morgan fingerprint density at radius 2 is 1.75 bits per heavy atom. The Bertz CT molecular complexity index is 2560. The molecule has 5 N–H and O–H groups in total. The lowest BCUT2D eigenvalue weighted by Crippen LogP contribution is -2.55. The highest BCUT2D eigenvalue weighted by Gasteiger charge is 2.44. The lowest BCUT2D eigenvalue weighted by Gasteiger charge is -2.36. The van der Waals surface area contributed by atoms with E-state index in [2.05, 4.69) is 63.9 Å². The molecule has 3 aromatic carbocycles. The first-order valence-electron chi connectivity index (χ1n) is 22.3. The Balaban J connectivity index is 0.971. The Kier molecular flexibility index (Phi) is 11.5. The minimum atomic E-state index is -1.22. The number of methoxy groups -OCH3 is 1. The van der Waals surface area contributed by atoms with Gasteiger partial charge in [0.05, 0.1) is 48.7 Å². The topological polar surface area (TPSA) is 204 Å². The number of rotatable bonds is 10. The third-order valence-electron chi connectivity index (χ3n) is 13.7. The van der Waals surface area contributed by atoms with Gasteiger partial charge in [-0.15, -0.1) is 0 Å². The molecule has 3 saturated heterocycles. The number of nitrogens with one attached hydrogen (secondary N) is 4. The van der Waals surface area contributed by atoms with Crippen molar-refractivity contribution in [2.45, 2.75) is 115 Å². The number of carbonyl (C=O) groups is 4. The molecule has 0 bridgehead atoms. The van der Waals surface area contributed by atoms with Crippen LogP contribution in [0.4, 0.5) is 9.59 Å². The third kappa shape index (κ3) is 7.82. The highest BCUT2D eigenvalue weighted by molar-refractivity contribution is 6.07. The summed E-state index contributed by atoms with van der Waals surface area (Å²) in [7, 11) is 1.29. The summed E-state index contributed by atoms with van der Waals surface area (Å²) in [5, 5.41) is 17.0. The number of hydrogen-bond donors (Lipinski definition) is 5. The second-order valence-corrected chi connectivity index (χ2v) is 17.8. The average molecular weight is 861 g/mol. The van der Waals surface area contributed by atoms with E-state index in [1.165, 1.54) is 7.11 Å². The van der Waals surface area contributed by atoms with Crippen molar-refractivity contribution in [3.63, 3.8) is 0 Å². The predicted molar refractivity (Wildman–Crippen MR) is 235 cm³/mol. The number of imidazole rings is 2. The first-order chi connectivity index (χ1) is 30.4. The minimum absolute atomic E-state index is 0.0215. The van der Waals surface area contributed by atoms with Crippen LogP contribution in [0.25, 0.3) is 44.2 Å². The van der Waals surface area contributed by atoms with Gasteiger partial charge in [-0.3, -0.25) is 9.59 Å². The predicted octanol–water partition coefficient (Wildman–Crippen LogP) is 7.60. The molecule has 4 aliphatic heterocycles. The van der Waals surface area contributed by atoms with Gasteiger partial charge >= 0.3 is 12.2 Å². The molecule has 4 amide bonds. The van der Waals surface area contributed by atoms with E-state index in [9.17, 15) is 24.3 Å². The lowest BCUT2D eigenvalue weighted by molar-refractivity contribution is -0.139. The summed E-state index contributed by atoms with van der Waals surface area (Å²) in [6.07, 6.45) is 5.28. The molecule has 6 heterocycles. The molecule has 332 valence electrons. The number of aromatic nitrogens is 4. The van der Waals surface area contributed by atoms with Crippen molar-refractivity contribution in [2.75, 3.05) is 20.3 Å². The number of carbonyl (C=O) groups excluding carboxylic acids is 3. The zero-order chi connectivity index (χ0) is 44.1. The summed E-state index contributed by atoms with van der Waals surface area (Å²) >= 11 is 0. The molecule has 5 aromatic rings. The van der Waals surface area contributed by atoms with Gasteiger partial charge in [-0.05, 0) is 104 Å².